The van der Waals surface area contributed by atoms with Crippen LogP contribution in [0.2, 0.25) is 0 Å². The van der Waals surface area contributed by atoms with Crippen LogP contribution < -0.4 is 21.7 Å². The molecule has 5 nitrogen and oxygen atoms in total. The zero-order chi connectivity index (χ0) is 12.3. The van der Waals surface area contributed by atoms with Crippen molar-refractivity contribution >= 4 is 28.9 Å². The van der Waals surface area contributed by atoms with Gasteiger partial charge in [-0.3, -0.25) is 4.79 Å². The van der Waals surface area contributed by atoms with E-state index >= 15 is 0 Å². The summed E-state index contributed by atoms with van der Waals surface area (Å²) in [4.78, 5) is 12.0. The molecule has 0 spiro atoms. The number of carbonyl (C=O) groups is 1. The normalized spacial score (nSPS) is 23.5. The lowest BCUT2D eigenvalue weighted by atomic mass is 10.0. The van der Waals surface area contributed by atoms with Crippen LogP contribution in [0.5, 0.6) is 0 Å². The molecule has 1 aliphatic heterocycles. The molecule has 5 N–H and O–H groups in total. The number of nitrogens with one attached hydrogen (secondary N) is 3. The van der Waals surface area contributed by atoms with Crippen molar-refractivity contribution in [2.45, 2.75) is 6.17 Å². The molecule has 0 aliphatic carbocycles. The van der Waals surface area contributed by atoms with Gasteiger partial charge < -0.3 is 21.7 Å². The highest BCUT2D eigenvalue weighted by molar-refractivity contribution is 7.80. The van der Waals surface area contributed by atoms with Gasteiger partial charge in [0.15, 0.2) is 5.11 Å². The predicted octanol–water partition coefficient (Wildman–Crippen LogP) is 0.00380. The van der Waals surface area contributed by atoms with Crippen LogP contribution >= 0.6 is 12.2 Å². The Hall–Kier alpha value is -1.66. The Balaban J connectivity index is 1.98. The van der Waals surface area contributed by atoms with Gasteiger partial charge in [-0.1, -0.05) is 18.2 Å². The lowest BCUT2D eigenvalue weighted by Gasteiger charge is -2.30. The highest BCUT2D eigenvalue weighted by Gasteiger charge is 2.29. The molecule has 1 saturated heterocycles. The third kappa shape index (κ3) is 2.92. The van der Waals surface area contributed by atoms with E-state index in [-0.39, 0.29) is 11.8 Å². The zero-order valence-electron chi connectivity index (χ0n) is 9.14. The Morgan fingerprint density at radius 3 is 2.76 bits per heavy atom. The number of nitrogens with two attached hydrogens (primary N) is 1. The van der Waals surface area contributed by atoms with Crippen LogP contribution in [0, 0.1) is 5.92 Å². The van der Waals surface area contributed by atoms with Crippen LogP contribution in [0.3, 0.4) is 0 Å². The van der Waals surface area contributed by atoms with Crippen LogP contribution in [-0.2, 0) is 4.79 Å². The molecule has 1 aliphatic rings. The van der Waals surface area contributed by atoms with Crippen molar-refractivity contribution in [3.05, 3.63) is 30.3 Å². The van der Waals surface area contributed by atoms with E-state index in [1.54, 1.807) is 0 Å². The molecule has 1 heterocycles. The van der Waals surface area contributed by atoms with E-state index in [9.17, 15) is 4.79 Å². The van der Waals surface area contributed by atoms with Crippen LogP contribution in [0.1, 0.15) is 0 Å². The summed E-state index contributed by atoms with van der Waals surface area (Å²) in [6, 6.07) is 9.28. The van der Waals surface area contributed by atoms with E-state index in [1.807, 2.05) is 30.3 Å². The van der Waals surface area contributed by atoms with E-state index in [4.69, 9.17) is 18.0 Å². The molecular weight excluding hydrogens is 236 g/mol. The van der Waals surface area contributed by atoms with Gasteiger partial charge in [-0.05, 0) is 24.4 Å². The number of amides is 1. The van der Waals surface area contributed by atoms with Gasteiger partial charge in [0.05, 0.1) is 12.1 Å². The summed E-state index contributed by atoms with van der Waals surface area (Å²) >= 11 is 4.92. The second-order valence-electron chi connectivity index (χ2n) is 3.84. The number of hydrogen-bond acceptors (Lipinski definition) is 3. The second-order valence-corrected chi connectivity index (χ2v) is 4.25. The molecule has 2 atom stereocenters. The van der Waals surface area contributed by atoms with Crippen LogP contribution in [0.4, 0.5) is 5.69 Å². The fourth-order valence-corrected chi connectivity index (χ4v) is 1.86. The quantitative estimate of drug-likeness (QED) is 0.556. The summed E-state index contributed by atoms with van der Waals surface area (Å²) in [5.41, 5.74) is 6.59. The molecule has 1 aromatic carbocycles. The maximum absolute atomic E-state index is 12.0. The smallest absolute Gasteiger partial charge is 0.232 e. The van der Waals surface area contributed by atoms with E-state index in [0.717, 1.165) is 5.69 Å². The molecular formula is C11H14N4OS. The fraction of sp³-hybridized carbons (Fsp3) is 0.273. The van der Waals surface area contributed by atoms with Gasteiger partial charge in [-0.15, -0.1) is 0 Å². The first-order valence-corrected chi connectivity index (χ1v) is 5.73. The minimum absolute atomic E-state index is 0.119. The Labute approximate surface area is 105 Å². The summed E-state index contributed by atoms with van der Waals surface area (Å²) in [6.45, 7) is 0.450. The highest BCUT2D eigenvalue weighted by Crippen LogP contribution is 2.10. The van der Waals surface area contributed by atoms with E-state index < -0.39 is 6.17 Å². The third-order valence-electron chi connectivity index (χ3n) is 2.59. The van der Waals surface area contributed by atoms with Crippen molar-refractivity contribution in [1.82, 2.24) is 10.6 Å². The SMILES string of the molecule is NC1NC(=S)NCC1C(=O)Nc1ccccc1. The summed E-state index contributed by atoms with van der Waals surface area (Å²) in [5.74, 6) is -0.465. The molecule has 1 amide bonds. The van der Waals surface area contributed by atoms with E-state index in [2.05, 4.69) is 16.0 Å². The molecule has 6 heteroatoms. The summed E-state index contributed by atoms with van der Waals surface area (Å²) in [6.07, 6.45) is -0.451. The standard InChI is InChI=1S/C11H14N4OS/c12-9-8(6-13-11(17)15-9)10(16)14-7-4-2-1-3-5-7/h1-5,8-9H,6,12H2,(H,14,16)(H2,13,15,17). The zero-order valence-corrected chi connectivity index (χ0v) is 9.96. The van der Waals surface area contributed by atoms with Gasteiger partial charge in [-0.2, -0.15) is 0 Å². The van der Waals surface area contributed by atoms with Gasteiger partial charge in [-0.25, -0.2) is 0 Å². The van der Waals surface area contributed by atoms with Crippen LogP contribution in [-0.4, -0.2) is 23.7 Å². The van der Waals surface area contributed by atoms with Gasteiger partial charge in [0.25, 0.3) is 0 Å². The number of thiocarbonyl (C=S) groups is 1. The largest absolute Gasteiger partial charge is 0.362 e. The molecule has 1 fully saturated rings. The first-order valence-electron chi connectivity index (χ1n) is 5.32. The maximum atomic E-state index is 12.0. The number of rotatable bonds is 2. The topological polar surface area (TPSA) is 79.2 Å². The fourth-order valence-electron chi connectivity index (χ4n) is 1.64. The average Bonchev–Trinajstić information content (AvgIpc) is 2.30. The van der Waals surface area contributed by atoms with Crippen molar-refractivity contribution < 1.29 is 4.79 Å². The Morgan fingerprint density at radius 1 is 1.41 bits per heavy atom. The summed E-state index contributed by atoms with van der Waals surface area (Å²) in [5, 5.41) is 9.04. The van der Waals surface area contributed by atoms with Gasteiger partial charge >= 0.3 is 0 Å². The third-order valence-corrected chi connectivity index (χ3v) is 2.85. The Kier molecular flexibility index (Phi) is 3.55. The number of para-hydroxylation sites is 1. The molecule has 90 valence electrons. The molecule has 2 rings (SSSR count). The lowest BCUT2D eigenvalue weighted by molar-refractivity contribution is -0.120. The molecule has 17 heavy (non-hydrogen) atoms. The predicted molar refractivity (Wildman–Crippen MR) is 70.3 cm³/mol. The minimum Gasteiger partial charge on any atom is -0.362 e. The molecule has 1 aromatic rings. The summed E-state index contributed by atoms with van der Waals surface area (Å²) < 4.78 is 0. The van der Waals surface area contributed by atoms with Crippen LogP contribution in [0.25, 0.3) is 0 Å². The Morgan fingerprint density at radius 2 is 2.12 bits per heavy atom. The van der Waals surface area contributed by atoms with Crippen molar-refractivity contribution in [3.8, 4) is 0 Å². The second kappa shape index (κ2) is 5.11. The number of hydrogen-bond donors (Lipinski definition) is 4. The molecule has 0 saturated carbocycles. The van der Waals surface area contributed by atoms with Crippen molar-refractivity contribution in [3.63, 3.8) is 0 Å². The first-order chi connectivity index (χ1) is 8.16. The monoisotopic (exact) mass is 250 g/mol. The van der Waals surface area contributed by atoms with Crippen molar-refractivity contribution in [2.75, 3.05) is 11.9 Å². The van der Waals surface area contributed by atoms with Crippen molar-refractivity contribution in [1.29, 1.82) is 0 Å². The van der Waals surface area contributed by atoms with Crippen LogP contribution in [0.15, 0.2) is 30.3 Å². The molecule has 2 unspecified atom stereocenters. The Bertz CT molecular complexity index is 423. The maximum Gasteiger partial charge on any atom is 0.232 e. The molecule has 0 bridgehead atoms. The van der Waals surface area contributed by atoms with Gasteiger partial charge in [0, 0.05) is 12.2 Å². The van der Waals surface area contributed by atoms with Gasteiger partial charge in [0.2, 0.25) is 5.91 Å². The number of carbonyl (C=O) groups excluding carboxylic acids is 1. The number of benzene rings is 1. The molecule has 0 radical (unpaired) electrons. The minimum atomic E-state index is -0.451. The average molecular weight is 250 g/mol. The number of anilines is 1. The van der Waals surface area contributed by atoms with E-state index in [0.29, 0.717) is 11.7 Å². The summed E-state index contributed by atoms with van der Waals surface area (Å²) in [7, 11) is 0. The first kappa shape index (κ1) is 11.8. The molecule has 0 aromatic heterocycles. The van der Waals surface area contributed by atoms with E-state index in [1.165, 1.54) is 0 Å². The van der Waals surface area contributed by atoms with Gasteiger partial charge in [0.1, 0.15) is 0 Å². The highest BCUT2D eigenvalue weighted by atomic mass is 32.1. The van der Waals surface area contributed by atoms with Crippen molar-refractivity contribution in [2.24, 2.45) is 11.7 Å². The lowest BCUT2D eigenvalue weighted by Crippen LogP contribution is -2.61.